The zero-order valence-corrected chi connectivity index (χ0v) is 16.4. The third-order valence-corrected chi connectivity index (χ3v) is 4.43. The summed E-state index contributed by atoms with van der Waals surface area (Å²) in [5.74, 6) is 2.41. The number of anilines is 2. The molecule has 0 radical (unpaired) electrons. The van der Waals surface area contributed by atoms with Gasteiger partial charge in [0, 0.05) is 5.56 Å². The van der Waals surface area contributed by atoms with E-state index in [2.05, 4.69) is 15.3 Å². The quantitative estimate of drug-likeness (QED) is 0.642. The van der Waals surface area contributed by atoms with Crippen LogP contribution in [0.15, 0.2) is 48.7 Å². The summed E-state index contributed by atoms with van der Waals surface area (Å²) >= 11 is 0. The summed E-state index contributed by atoms with van der Waals surface area (Å²) in [4.78, 5) is 8.97. The van der Waals surface area contributed by atoms with Crippen LogP contribution in [0.5, 0.6) is 17.2 Å². The Hall–Kier alpha value is -3.48. The van der Waals surface area contributed by atoms with Crippen molar-refractivity contribution in [2.75, 3.05) is 32.4 Å². The van der Waals surface area contributed by atoms with Gasteiger partial charge < -0.3 is 25.3 Å². The minimum atomic E-state index is 0.0142. The summed E-state index contributed by atoms with van der Waals surface area (Å²) in [6.07, 6.45) is 1.61. The van der Waals surface area contributed by atoms with E-state index in [1.807, 2.05) is 43.3 Å². The van der Waals surface area contributed by atoms with E-state index in [-0.39, 0.29) is 6.04 Å². The molecule has 28 heavy (non-hydrogen) atoms. The number of nitrogen functional groups attached to an aromatic ring is 1. The number of hydrogen-bond donors (Lipinski definition) is 2. The van der Waals surface area contributed by atoms with Gasteiger partial charge in [-0.25, -0.2) is 9.97 Å². The van der Waals surface area contributed by atoms with Gasteiger partial charge in [0.25, 0.3) is 0 Å². The largest absolute Gasteiger partial charge is 0.493 e. The Morgan fingerprint density at radius 3 is 2.29 bits per heavy atom. The zero-order chi connectivity index (χ0) is 20.1. The molecule has 3 rings (SSSR count). The molecule has 0 saturated carbocycles. The molecule has 146 valence electrons. The van der Waals surface area contributed by atoms with Gasteiger partial charge in [-0.05, 0) is 24.6 Å². The molecule has 1 heterocycles. The topological polar surface area (TPSA) is 91.5 Å². The smallest absolute Gasteiger partial charge is 0.203 e. The first-order chi connectivity index (χ1) is 13.6. The van der Waals surface area contributed by atoms with Crippen molar-refractivity contribution in [3.05, 3.63) is 54.2 Å². The van der Waals surface area contributed by atoms with Crippen LogP contribution in [0.25, 0.3) is 11.3 Å². The SMILES string of the molecule is COc1ccc(-c2cnc(N)c(N[C@@H](C)c3ccccc3)n2)c(OC)c1OC. The molecule has 2 aromatic carbocycles. The van der Waals surface area contributed by atoms with Crippen LogP contribution in [-0.4, -0.2) is 31.3 Å². The molecule has 3 N–H and O–H groups in total. The van der Waals surface area contributed by atoms with Gasteiger partial charge in [0.15, 0.2) is 23.1 Å². The van der Waals surface area contributed by atoms with E-state index in [0.717, 1.165) is 11.1 Å². The highest BCUT2D eigenvalue weighted by molar-refractivity contribution is 5.75. The van der Waals surface area contributed by atoms with Gasteiger partial charge >= 0.3 is 0 Å². The number of nitrogens with zero attached hydrogens (tertiary/aromatic N) is 2. The number of rotatable bonds is 7. The molecular formula is C21H24N4O3. The summed E-state index contributed by atoms with van der Waals surface area (Å²) in [5.41, 5.74) is 8.51. The molecule has 7 heteroatoms. The van der Waals surface area contributed by atoms with Crippen molar-refractivity contribution in [3.63, 3.8) is 0 Å². The molecule has 1 atom stereocenters. The van der Waals surface area contributed by atoms with Gasteiger partial charge in [-0.15, -0.1) is 0 Å². The minimum Gasteiger partial charge on any atom is -0.493 e. The molecule has 0 bridgehead atoms. The lowest BCUT2D eigenvalue weighted by atomic mass is 10.1. The van der Waals surface area contributed by atoms with E-state index in [1.165, 1.54) is 0 Å². The fourth-order valence-corrected chi connectivity index (χ4v) is 2.97. The highest BCUT2D eigenvalue weighted by Crippen LogP contribution is 2.44. The summed E-state index contributed by atoms with van der Waals surface area (Å²) in [7, 11) is 4.71. The average molecular weight is 380 g/mol. The Morgan fingerprint density at radius 1 is 0.929 bits per heavy atom. The fourth-order valence-electron chi connectivity index (χ4n) is 2.97. The number of ether oxygens (including phenoxy) is 3. The third-order valence-electron chi connectivity index (χ3n) is 4.43. The maximum atomic E-state index is 6.05. The van der Waals surface area contributed by atoms with Crippen LogP contribution in [0.3, 0.4) is 0 Å². The second-order valence-corrected chi connectivity index (χ2v) is 6.15. The zero-order valence-electron chi connectivity index (χ0n) is 16.4. The number of nitrogens with one attached hydrogen (secondary N) is 1. The van der Waals surface area contributed by atoms with Gasteiger partial charge in [0.05, 0.1) is 39.3 Å². The molecule has 1 aromatic heterocycles. The third kappa shape index (κ3) is 3.78. The van der Waals surface area contributed by atoms with Crippen LogP contribution in [0, 0.1) is 0 Å². The molecule has 0 aliphatic carbocycles. The molecule has 0 aliphatic heterocycles. The lowest BCUT2D eigenvalue weighted by molar-refractivity contribution is 0.325. The van der Waals surface area contributed by atoms with Crippen LogP contribution >= 0.6 is 0 Å². The van der Waals surface area contributed by atoms with Crippen LogP contribution in [-0.2, 0) is 0 Å². The van der Waals surface area contributed by atoms with Crippen LogP contribution in [0.2, 0.25) is 0 Å². The fraction of sp³-hybridized carbons (Fsp3) is 0.238. The number of hydrogen-bond acceptors (Lipinski definition) is 7. The van der Waals surface area contributed by atoms with Gasteiger partial charge in [-0.1, -0.05) is 30.3 Å². The second kappa shape index (κ2) is 8.47. The Balaban J connectivity index is 2.00. The van der Waals surface area contributed by atoms with Crippen molar-refractivity contribution in [3.8, 4) is 28.5 Å². The summed E-state index contributed by atoms with van der Waals surface area (Å²) in [6.45, 7) is 2.04. The molecule has 3 aromatic rings. The Bertz CT molecular complexity index is 948. The molecule has 0 saturated heterocycles. The normalized spacial score (nSPS) is 11.6. The molecule has 0 amide bonds. The van der Waals surface area contributed by atoms with Crippen LogP contribution in [0.1, 0.15) is 18.5 Å². The molecule has 0 aliphatic rings. The van der Waals surface area contributed by atoms with Gasteiger partial charge in [-0.3, -0.25) is 0 Å². The lowest BCUT2D eigenvalue weighted by Gasteiger charge is -2.18. The molecule has 0 fully saturated rings. The number of methoxy groups -OCH3 is 3. The van der Waals surface area contributed by atoms with E-state index >= 15 is 0 Å². The summed E-state index contributed by atoms with van der Waals surface area (Å²) < 4.78 is 16.4. The Kier molecular flexibility index (Phi) is 5.84. The van der Waals surface area contributed by atoms with E-state index < -0.39 is 0 Å². The van der Waals surface area contributed by atoms with E-state index in [9.17, 15) is 0 Å². The van der Waals surface area contributed by atoms with Crippen LogP contribution in [0.4, 0.5) is 11.6 Å². The minimum absolute atomic E-state index is 0.0142. The first-order valence-corrected chi connectivity index (χ1v) is 8.82. The molecule has 7 nitrogen and oxygen atoms in total. The summed E-state index contributed by atoms with van der Waals surface area (Å²) in [6, 6.07) is 13.7. The van der Waals surface area contributed by atoms with Crippen molar-refractivity contribution < 1.29 is 14.2 Å². The maximum absolute atomic E-state index is 6.05. The predicted octanol–water partition coefficient (Wildman–Crippen LogP) is 3.92. The van der Waals surface area contributed by atoms with Crippen LogP contribution < -0.4 is 25.3 Å². The van der Waals surface area contributed by atoms with Crippen molar-refractivity contribution in [1.82, 2.24) is 9.97 Å². The predicted molar refractivity (Wildman–Crippen MR) is 110 cm³/mol. The number of nitrogens with two attached hydrogens (primary N) is 1. The highest BCUT2D eigenvalue weighted by atomic mass is 16.5. The molecule has 0 spiro atoms. The van der Waals surface area contributed by atoms with Gasteiger partial charge in [-0.2, -0.15) is 0 Å². The summed E-state index contributed by atoms with van der Waals surface area (Å²) in [5, 5.41) is 3.33. The first kappa shape index (κ1) is 19.3. The van der Waals surface area contributed by atoms with Crippen molar-refractivity contribution in [2.24, 2.45) is 0 Å². The Labute approximate surface area is 164 Å². The molecular weight excluding hydrogens is 356 g/mol. The highest BCUT2D eigenvalue weighted by Gasteiger charge is 2.19. The first-order valence-electron chi connectivity index (χ1n) is 8.82. The number of aromatic nitrogens is 2. The lowest BCUT2D eigenvalue weighted by Crippen LogP contribution is -2.11. The van der Waals surface area contributed by atoms with Gasteiger partial charge in [0.2, 0.25) is 5.75 Å². The van der Waals surface area contributed by atoms with Crippen molar-refractivity contribution in [1.29, 1.82) is 0 Å². The number of benzene rings is 2. The van der Waals surface area contributed by atoms with Crippen molar-refractivity contribution in [2.45, 2.75) is 13.0 Å². The van der Waals surface area contributed by atoms with E-state index in [0.29, 0.717) is 34.6 Å². The standard InChI is InChI=1S/C21H24N4O3/c1-13(14-8-6-5-7-9-14)24-21-20(22)23-12-16(25-21)15-10-11-17(26-2)19(28-4)18(15)27-3/h5-13H,1-4H3,(H2,22,23)(H,24,25)/t13-/m0/s1. The second-order valence-electron chi connectivity index (χ2n) is 6.15. The average Bonchev–Trinajstić information content (AvgIpc) is 2.74. The maximum Gasteiger partial charge on any atom is 0.203 e. The van der Waals surface area contributed by atoms with E-state index in [1.54, 1.807) is 33.6 Å². The van der Waals surface area contributed by atoms with E-state index in [4.69, 9.17) is 19.9 Å². The van der Waals surface area contributed by atoms with Gasteiger partial charge in [0.1, 0.15) is 0 Å². The van der Waals surface area contributed by atoms with Crippen molar-refractivity contribution >= 4 is 11.6 Å². The Morgan fingerprint density at radius 2 is 1.64 bits per heavy atom. The molecule has 0 unspecified atom stereocenters. The monoisotopic (exact) mass is 380 g/mol.